The van der Waals surface area contributed by atoms with Crippen molar-refractivity contribution >= 4 is 38.2 Å². The molecule has 0 bridgehead atoms. The maximum atomic E-state index is 12.9. The summed E-state index contributed by atoms with van der Waals surface area (Å²) in [6, 6.07) is 8.73. The maximum Gasteiger partial charge on any atom is 0.311 e. The van der Waals surface area contributed by atoms with Gasteiger partial charge in [-0.15, -0.1) is 11.3 Å². The van der Waals surface area contributed by atoms with Gasteiger partial charge < -0.3 is 14.2 Å². The highest BCUT2D eigenvalue weighted by atomic mass is 32.2. The summed E-state index contributed by atoms with van der Waals surface area (Å²) in [4.78, 5) is 33.2. The Kier molecular flexibility index (Phi) is 8.41. The molecule has 0 spiro atoms. The second-order valence-corrected chi connectivity index (χ2v) is 10.5. The van der Waals surface area contributed by atoms with Gasteiger partial charge in [-0.3, -0.25) is 14.9 Å². The first-order chi connectivity index (χ1) is 16.5. The van der Waals surface area contributed by atoms with Crippen LogP contribution in [0.3, 0.4) is 0 Å². The molecule has 2 heterocycles. The number of nitrogens with zero attached hydrogens (tertiary/aromatic N) is 2. The van der Waals surface area contributed by atoms with Crippen LogP contribution in [0.2, 0.25) is 0 Å². The minimum absolute atomic E-state index is 0.0119. The lowest BCUT2D eigenvalue weighted by molar-refractivity contribution is -0.142. The minimum Gasteiger partial charge on any atom is -0.475 e. The van der Waals surface area contributed by atoms with Gasteiger partial charge in [-0.2, -0.15) is 4.98 Å². The number of carbonyl (C=O) groups is 2. The Morgan fingerprint density at radius 3 is 2.40 bits per heavy atom. The smallest absolute Gasteiger partial charge is 0.311 e. The van der Waals surface area contributed by atoms with Gasteiger partial charge in [-0.25, -0.2) is 13.4 Å². The molecule has 3 rings (SSSR count). The van der Waals surface area contributed by atoms with Crippen LogP contribution in [0.25, 0.3) is 0 Å². The average molecular weight is 520 g/mol. The molecule has 0 radical (unpaired) electrons. The summed E-state index contributed by atoms with van der Waals surface area (Å²) in [5.74, 6) is -0.275. The van der Waals surface area contributed by atoms with E-state index in [2.05, 4.69) is 15.3 Å². The molecule has 3 aromatic rings. The molecule has 1 aromatic carbocycles. The molecule has 0 saturated carbocycles. The van der Waals surface area contributed by atoms with Crippen molar-refractivity contribution in [2.75, 3.05) is 18.2 Å². The summed E-state index contributed by atoms with van der Waals surface area (Å²) in [6.45, 7) is 5.64. The van der Waals surface area contributed by atoms with E-state index in [0.717, 1.165) is 6.26 Å². The molecular formula is C23H25N3O7S2. The zero-order valence-corrected chi connectivity index (χ0v) is 21.2. The van der Waals surface area contributed by atoms with E-state index in [1.165, 1.54) is 47.7 Å². The zero-order valence-electron chi connectivity index (χ0n) is 19.6. The lowest BCUT2D eigenvalue weighted by Gasteiger charge is -2.13. The summed E-state index contributed by atoms with van der Waals surface area (Å²) < 4.78 is 39.6. The van der Waals surface area contributed by atoms with E-state index >= 15 is 0 Å². The zero-order chi connectivity index (χ0) is 25.6. The van der Waals surface area contributed by atoms with E-state index in [4.69, 9.17) is 14.2 Å². The van der Waals surface area contributed by atoms with Gasteiger partial charge >= 0.3 is 5.97 Å². The Labute approximate surface area is 207 Å². The Morgan fingerprint density at radius 1 is 1.09 bits per heavy atom. The van der Waals surface area contributed by atoms with E-state index in [-0.39, 0.29) is 41.4 Å². The second-order valence-electron chi connectivity index (χ2n) is 7.62. The van der Waals surface area contributed by atoms with Crippen LogP contribution in [0.5, 0.6) is 17.5 Å². The lowest BCUT2D eigenvalue weighted by atomic mass is 10.2. The summed E-state index contributed by atoms with van der Waals surface area (Å²) in [5.41, 5.74) is 0.699. The summed E-state index contributed by atoms with van der Waals surface area (Å²) in [5, 5.41) is 4.67. The van der Waals surface area contributed by atoms with Gasteiger partial charge in [0.15, 0.2) is 15.0 Å². The molecule has 0 aliphatic heterocycles. The van der Waals surface area contributed by atoms with Crippen molar-refractivity contribution in [3.8, 4) is 17.5 Å². The van der Waals surface area contributed by atoms with Crippen LogP contribution in [0, 0.1) is 0 Å². The monoisotopic (exact) mass is 519 g/mol. The molecule has 35 heavy (non-hydrogen) atoms. The van der Waals surface area contributed by atoms with E-state index in [0.29, 0.717) is 16.6 Å². The number of thiazole rings is 1. The normalized spacial score (nSPS) is 11.2. The fourth-order valence-corrected chi connectivity index (χ4v) is 4.15. The predicted molar refractivity (Wildman–Crippen MR) is 130 cm³/mol. The molecule has 1 amide bonds. The van der Waals surface area contributed by atoms with Crippen LogP contribution in [-0.2, 0) is 25.8 Å². The van der Waals surface area contributed by atoms with Crippen molar-refractivity contribution < 1.29 is 32.2 Å². The fourth-order valence-electron chi connectivity index (χ4n) is 2.82. The number of ether oxygens (including phenoxy) is 3. The van der Waals surface area contributed by atoms with Crippen molar-refractivity contribution in [2.45, 2.75) is 38.2 Å². The van der Waals surface area contributed by atoms with E-state index in [1.807, 2.05) is 13.8 Å². The molecule has 12 heteroatoms. The number of pyridine rings is 1. The van der Waals surface area contributed by atoms with Crippen LogP contribution in [0.4, 0.5) is 5.13 Å². The number of hydrogen-bond acceptors (Lipinski definition) is 10. The molecule has 0 fully saturated rings. The standard InChI is InChI=1S/C23H25N3O7S2/c1-5-31-21(27)12-16-13-34-23(24-16)26-22(28)15-10-19(32-14(2)3)25-20(11-15)33-17-6-8-18(9-7-17)35(4,29)30/h6-11,13-14H,5,12H2,1-4H3,(H,24,26,28). The summed E-state index contributed by atoms with van der Waals surface area (Å²) in [6.07, 6.45) is 0.925. The topological polar surface area (TPSA) is 134 Å². The summed E-state index contributed by atoms with van der Waals surface area (Å²) >= 11 is 1.18. The van der Waals surface area contributed by atoms with Crippen LogP contribution >= 0.6 is 11.3 Å². The SMILES string of the molecule is CCOC(=O)Cc1csc(NC(=O)c2cc(Oc3ccc(S(C)(=O)=O)cc3)nc(OC(C)C)c2)n1. The first-order valence-electron chi connectivity index (χ1n) is 10.6. The molecule has 0 unspecified atom stereocenters. The van der Waals surface area contributed by atoms with Crippen LogP contribution < -0.4 is 14.8 Å². The molecule has 0 saturated heterocycles. The number of nitrogens with one attached hydrogen (secondary N) is 1. The van der Waals surface area contributed by atoms with Crippen molar-refractivity contribution in [3.63, 3.8) is 0 Å². The Hall–Kier alpha value is -3.51. The van der Waals surface area contributed by atoms with Gasteiger partial charge in [0.25, 0.3) is 5.91 Å². The molecular weight excluding hydrogens is 494 g/mol. The highest BCUT2D eigenvalue weighted by molar-refractivity contribution is 7.90. The number of esters is 1. The number of rotatable bonds is 10. The third kappa shape index (κ3) is 7.76. The highest BCUT2D eigenvalue weighted by Gasteiger charge is 2.16. The number of aromatic nitrogens is 2. The van der Waals surface area contributed by atoms with E-state index < -0.39 is 21.7 Å². The van der Waals surface area contributed by atoms with Crippen LogP contribution in [0.15, 0.2) is 46.7 Å². The molecule has 2 aromatic heterocycles. The minimum atomic E-state index is -3.34. The van der Waals surface area contributed by atoms with E-state index in [9.17, 15) is 18.0 Å². The molecule has 10 nitrogen and oxygen atoms in total. The quantitative estimate of drug-likeness (QED) is 0.396. The van der Waals surface area contributed by atoms with Crippen molar-refractivity contribution in [1.29, 1.82) is 0 Å². The van der Waals surface area contributed by atoms with Gasteiger partial charge in [-0.05, 0) is 45.0 Å². The predicted octanol–water partition coefficient (Wildman–Crippen LogP) is 3.88. The number of benzene rings is 1. The van der Waals surface area contributed by atoms with Crippen LogP contribution in [0.1, 0.15) is 36.8 Å². The van der Waals surface area contributed by atoms with Crippen molar-refractivity contribution in [3.05, 3.63) is 53.0 Å². The number of anilines is 1. The number of carbonyl (C=O) groups excluding carboxylic acids is 2. The van der Waals surface area contributed by atoms with Crippen molar-refractivity contribution in [1.82, 2.24) is 9.97 Å². The first kappa shape index (κ1) is 26.1. The van der Waals surface area contributed by atoms with Gasteiger partial charge in [0.2, 0.25) is 11.8 Å². The molecule has 0 atom stereocenters. The number of amides is 1. The molecule has 186 valence electrons. The molecule has 0 aliphatic carbocycles. The van der Waals surface area contributed by atoms with Gasteiger partial charge in [0, 0.05) is 23.8 Å². The van der Waals surface area contributed by atoms with Gasteiger partial charge in [0.1, 0.15) is 5.75 Å². The third-order valence-electron chi connectivity index (χ3n) is 4.27. The van der Waals surface area contributed by atoms with Crippen molar-refractivity contribution in [2.24, 2.45) is 0 Å². The Balaban J connectivity index is 1.79. The second kappa shape index (κ2) is 11.3. The van der Waals surface area contributed by atoms with Gasteiger partial charge in [-0.1, -0.05) is 0 Å². The Morgan fingerprint density at radius 2 is 1.77 bits per heavy atom. The number of sulfone groups is 1. The van der Waals surface area contributed by atoms with Crippen LogP contribution in [-0.4, -0.2) is 49.2 Å². The highest BCUT2D eigenvalue weighted by Crippen LogP contribution is 2.26. The Bertz CT molecular complexity index is 1300. The molecule has 0 aliphatic rings. The van der Waals surface area contributed by atoms with Gasteiger partial charge in [0.05, 0.1) is 35.3 Å². The fraction of sp³-hybridized carbons (Fsp3) is 0.304. The first-order valence-corrected chi connectivity index (χ1v) is 13.4. The third-order valence-corrected chi connectivity index (χ3v) is 6.21. The molecule has 1 N–H and O–H groups in total. The maximum absolute atomic E-state index is 12.9. The largest absolute Gasteiger partial charge is 0.475 e. The average Bonchev–Trinajstić information content (AvgIpc) is 3.19. The van der Waals surface area contributed by atoms with E-state index in [1.54, 1.807) is 12.3 Å². The summed E-state index contributed by atoms with van der Waals surface area (Å²) in [7, 11) is -3.34. The number of hydrogen-bond donors (Lipinski definition) is 1. The lowest BCUT2D eigenvalue weighted by Crippen LogP contribution is -2.14.